The van der Waals surface area contributed by atoms with Crippen molar-refractivity contribution in [2.24, 2.45) is 5.73 Å². The molecular weight excluding hydrogens is 295 g/mol. The van der Waals surface area contributed by atoms with Gasteiger partial charge in [0.1, 0.15) is 5.75 Å². The van der Waals surface area contributed by atoms with Gasteiger partial charge in [-0.3, -0.25) is 4.90 Å². The molecule has 3 nitrogen and oxygen atoms in total. The molecule has 0 saturated carbocycles. The van der Waals surface area contributed by atoms with Gasteiger partial charge in [0.15, 0.2) is 0 Å². The first-order valence-electron chi connectivity index (χ1n) is 6.94. The second kappa shape index (κ2) is 13.5. The molecule has 0 aliphatic carbocycles. The first kappa shape index (κ1) is 21.8. The van der Waals surface area contributed by atoms with Crippen LogP contribution in [0.3, 0.4) is 0 Å². The van der Waals surface area contributed by atoms with Crippen LogP contribution in [0.25, 0.3) is 0 Å². The highest BCUT2D eigenvalue weighted by Crippen LogP contribution is 2.15. The number of nitrogens with two attached hydrogens (primary N) is 1. The molecule has 0 radical (unpaired) electrons. The van der Waals surface area contributed by atoms with Gasteiger partial charge in [-0.15, -0.1) is 24.8 Å². The number of unbranched alkanes of at least 4 members (excludes halogenated alkanes) is 1. The topological polar surface area (TPSA) is 38.5 Å². The second-order valence-electron chi connectivity index (χ2n) is 4.45. The van der Waals surface area contributed by atoms with Gasteiger partial charge in [-0.1, -0.05) is 26.0 Å². The third-order valence-corrected chi connectivity index (χ3v) is 3.07. The Morgan fingerprint density at radius 1 is 1.10 bits per heavy atom. The van der Waals surface area contributed by atoms with Crippen molar-refractivity contribution in [2.75, 3.05) is 26.2 Å². The fraction of sp³-hybridized carbons (Fsp3) is 0.600. The third kappa shape index (κ3) is 8.64. The number of ether oxygens (including phenoxy) is 1. The highest BCUT2D eigenvalue weighted by Gasteiger charge is 2.02. The summed E-state index contributed by atoms with van der Waals surface area (Å²) in [5.41, 5.74) is 6.77. The zero-order valence-corrected chi connectivity index (χ0v) is 14.1. The largest absolute Gasteiger partial charge is 0.494 e. The minimum Gasteiger partial charge on any atom is -0.494 e. The SMILES string of the molecule is CCN(CC)Cc1cccc(OCCCCN)c1.Cl.Cl. The molecule has 2 N–H and O–H groups in total. The Morgan fingerprint density at radius 2 is 1.80 bits per heavy atom. The quantitative estimate of drug-likeness (QED) is 0.707. The van der Waals surface area contributed by atoms with Crippen molar-refractivity contribution in [3.8, 4) is 5.75 Å². The molecule has 1 rings (SSSR count). The molecule has 1 aromatic carbocycles. The normalized spacial score (nSPS) is 9.80. The summed E-state index contributed by atoms with van der Waals surface area (Å²) in [4.78, 5) is 2.40. The molecule has 0 amide bonds. The second-order valence-corrected chi connectivity index (χ2v) is 4.45. The molecule has 0 aromatic heterocycles. The molecule has 0 spiro atoms. The molecule has 0 atom stereocenters. The Hall–Kier alpha value is -0.480. The summed E-state index contributed by atoms with van der Waals surface area (Å²) in [5, 5.41) is 0. The molecule has 0 aliphatic heterocycles. The average molecular weight is 323 g/mol. The number of hydrogen-bond acceptors (Lipinski definition) is 3. The Balaban J connectivity index is 0. The van der Waals surface area contributed by atoms with Gasteiger partial charge >= 0.3 is 0 Å². The van der Waals surface area contributed by atoms with E-state index < -0.39 is 0 Å². The van der Waals surface area contributed by atoms with Gasteiger partial charge in [0.2, 0.25) is 0 Å². The van der Waals surface area contributed by atoms with Crippen LogP contribution in [0.2, 0.25) is 0 Å². The molecule has 0 fully saturated rings. The summed E-state index contributed by atoms with van der Waals surface area (Å²) in [6, 6.07) is 8.39. The number of nitrogens with zero attached hydrogens (tertiary/aromatic N) is 1. The van der Waals surface area contributed by atoms with Gasteiger partial charge in [0, 0.05) is 6.54 Å². The van der Waals surface area contributed by atoms with Gasteiger partial charge in [0.25, 0.3) is 0 Å². The van der Waals surface area contributed by atoms with Crippen molar-refractivity contribution < 1.29 is 4.74 Å². The van der Waals surface area contributed by atoms with Crippen LogP contribution in [0.1, 0.15) is 32.3 Å². The van der Waals surface area contributed by atoms with Crippen molar-refractivity contribution >= 4 is 24.8 Å². The van der Waals surface area contributed by atoms with Crippen LogP contribution in [0.5, 0.6) is 5.75 Å². The standard InChI is InChI=1S/C15H26N2O.2ClH/c1-3-17(4-2)13-14-8-7-9-15(12-14)18-11-6-5-10-16;;/h7-9,12H,3-6,10-11,13,16H2,1-2H3;2*1H. The number of hydrogen-bond donors (Lipinski definition) is 1. The van der Waals surface area contributed by atoms with E-state index in [0.29, 0.717) is 0 Å². The minimum atomic E-state index is 0. The van der Waals surface area contributed by atoms with E-state index in [-0.39, 0.29) is 24.8 Å². The van der Waals surface area contributed by atoms with Crippen molar-refractivity contribution in [1.29, 1.82) is 0 Å². The smallest absolute Gasteiger partial charge is 0.119 e. The zero-order chi connectivity index (χ0) is 13.2. The predicted molar refractivity (Wildman–Crippen MR) is 91.3 cm³/mol. The maximum atomic E-state index is 5.72. The molecule has 118 valence electrons. The first-order chi connectivity index (χ1) is 8.80. The van der Waals surface area contributed by atoms with Crippen LogP contribution in [0.4, 0.5) is 0 Å². The predicted octanol–water partition coefficient (Wildman–Crippen LogP) is 3.49. The fourth-order valence-electron chi connectivity index (χ4n) is 1.88. The van der Waals surface area contributed by atoms with Crippen molar-refractivity contribution in [3.05, 3.63) is 29.8 Å². The van der Waals surface area contributed by atoms with Crippen LogP contribution in [0.15, 0.2) is 24.3 Å². The van der Waals surface area contributed by atoms with E-state index in [1.807, 2.05) is 6.07 Å². The van der Waals surface area contributed by atoms with E-state index in [0.717, 1.165) is 51.4 Å². The van der Waals surface area contributed by atoms with Crippen molar-refractivity contribution in [2.45, 2.75) is 33.2 Å². The maximum Gasteiger partial charge on any atom is 0.119 e. The Kier molecular flexibility index (Phi) is 14.7. The van der Waals surface area contributed by atoms with Gasteiger partial charge in [-0.25, -0.2) is 0 Å². The van der Waals surface area contributed by atoms with Crippen LogP contribution in [-0.4, -0.2) is 31.1 Å². The van der Waals surface area contributed by atoms with Crippen molar-refractivity contribution in [3.63, 3.8) is 0 Å². The zero-order valence-electron chi connectivity index (χ0n) is 12.5. The van der Waals surface area contributed by atoms with Crippen LogP contribution in [-0.2, 0) is 6.54 Å². The minimum absolute atomic E-state index is 0. The van der Waals surface area contributed by atoms with Gasteiger partial charge in [0.05, 0.1) is 6.61 Å². The summed E-state index contributed by atoms with van der Waals surface area (Å²) in [6.45, 7) is 9.04. The summed E-state index contributed by atoms with van der Waals surface area (Å²) in [6.07, 6.45) is 2.05. The van der Waals surface area contributed by atoms with E-state index >= 15 is 0 Å². The van der Waals surface area contributed by atoms with Gasteiger partial charge in [-0.05, 0) is 50.2 Å². The molecule has 0 bridgehead atoms. The summed E-state index contributed by atoms with van der Waals surface area (Å²) >= 11 is 0. The lowest BCUT2D eigenvalue weighted by molar-refractivity contribution is 0.291. The van der Waals surface area contributed by atoms with E-state index in [4.69, 9.17) is 10.5 Å². The first-order valence-corrected chi connectivity index (χ1v) is 6.94. The van der Waals surface area contributed by atoms with Crippen molar-refractivity contribution in [1.82, 2.24) is 4.90 Å². The molecular formula is C15H28Cl2N2O. The molecule has 0 saturated heterocycles. The number of rotatable bonds is 9. The Morgan fingerprint density at radius 3 is 2.40 bits per heavy atom. The Bertz CT molecular complexity index is 333. The summed E-state index contributed by atoms with van der Waals surface area (Å²) in [5.74, 6) is 0.969. The molecule has 5 heteroatoms. The molecule has 0 unspecified atom stereocenters. The number of benzene rings is 1. The van der Waals surface area contributed by atoms with E-state index in [1.54, 1.807) is 0 Å². The molecule has 0 aliphatic rings. The Labute approximate surface area is 135 Å². The fourth-order valence-corrected chi connectivity index (χ4v) is 1.88. The van der Waals surface area contributed by atoms with E-state index in [2.05, 4.69) is 36.9 Å². The third-order valence-electron chi connectivity index (χ3n) is 3.07. The van der Waals surface area contributed by atoms with E-state index in [1.165, 1.54) is 5.56 Å². The lowest BCUT2D eigenvalue weighted by Crippen LogP contribution is -2.22. The van der Waals surface area contributed by atoms with Crippen LogP contribution < -0.4 is 10.5 Å². The van der Waals surface area contributed by atoms with Crippen LogP contribution in [0, 0.1) is 0 Å². The highest BCUT2D eigenvalue weighted by molar-refractivity contribution is 5.85. The summed E-state index contributed by atoms with van der Waals surface area (Å²) in [7, 11) is 0. The summed E-state index contributed by atoms with van der Waals surface area (Å²) < 4.78 is 5.72. The average Bonchev–Trinajstić information content (AvgIpc) is 2.41. The van der Waals surface area contributed by atoms with Crippen LogP contribution >= 0.6 is 24.8 Å². The molecule has 0 heterocycles. The lowest BCUT2D eigenvalue weighted by atomic mass is 10.2. The van der Waals surface area contributed by atoms with E-state index in [9.17, 15) is 0 Å². The number of halogens is 2. The van der Waals surface area contributed by atoms with Gasteiger partial charge < -0.3 is 10.5 Å². The monoisotopic (exact) mass is 322 g/mol. The molecule has 20 heavy (non-hydrogen) atoms. The lowest BCUT2D eigenvalue weighted by Gasteiger charge is -2.18. The maximum absolute atomic E-state index is 5.72. The highest BCUT2D eigenvalue weighted by atomic mass is 35.5. The molecule has 1 aromatic rings. The van der Waals surface area contributed by atoms with Gasteiger partial charge in [-0.2, -0.15) is 0 Å².